The van der Waals surface area contributed by atoms with Gasteiger partial charge in [-0.25, -0.2) is 18.5 Å². The van der Waals surface area contributed by atoms with Crippen LogP contribution in [0.3, 0.4) is 0 Å². The average Bonchev–Trinajstić information content (AvgIpc) is 2.11. The molecule has 9 heteroatoms. The Balaban J connectivity index is 2.14. The summed E-state index contributed by atoms with van der Waals surface area (Å²) in [5.41, 5.74) is 0.436. The molecule has 1 saturated heterocycles. The number of aryl methyl sites for hydroxylation is 1. The molecule has 1 aliphatic rings. The molecule has 0 saturated carbocycles. The van der Waals surface area contributed by atoms with E-state index in [-0.39, 0.29) is 18.8 Å². The van der Waals surface area contributed by atoms with Crippen LogP contribution in [0.2, 0.25) is 0 Å². The van der Waals surface area contributed by atoms with Crippen molar-refractivity contribution in [1.29, 1.82) is 0 Å². The summed E-state index contributed by atoms with van der Waals surface area (Å²) in [7, 11) is -3.52. The van der Waals surface area contributed by atoms with Crippen molar-refractivity contribution >= 4 is 21.5 Å². The molecule has 0 aromatic carbocycles. The monoisotopic (exact) mass is 272 g/mol. The molecule has 0 atom stereocenters. The minimum Gasteiger partial charge on any atom is -0.354 e. The highest BCUT2D eigenvalue weighted by atomic mass is 32.2. The molecule has 8 nitrogen and oxygen atoms in total. The lowest BCUT2D eigenvalue weighted by atomic mass is 10.2. The number of nitrogens with two attached hydrogens (primary N) is 1. The lowest BCUT2D eigenvalue weighted by Gasteiger charge is -2.38. The summed E-state index contributed by atoms with van der Waals surface area (Å²) < 4.78 is 22.1. The molecular formula is C9H12N4O4S. The lowest BCUT2D eigenvalue weighted by Crippen LogP contribution is -2.57. The summed E-state index contributed by atoms with van der Waals surface area (Å²) >= 11 is 0. The van der Waals surface area contributed by atoms with Gasteiger partial charge >= 0.3 is 0 Å². The summed E-state index contributed by atoms with van der Waals surface area (Å²) in [5.74, 6) is 0.526. The third-order valence-corrected chi connectivity index (χ3v) is 4.13. The van der Waals surface area contributed by atoms with Gasteiger partial charge < -0.3 is 4.90 Å². The summed E-state index contributed by atoms with van der Waals surface area (Å²) in [4.78, 5) is 15.8. The van der Waals surface area contributed by atoms with E-state index in [1.54, 1.807) is 17.9 Å². The van der Waals surface area contributed by atoms with Gasteiger partial charge in [0.05, 0.1) is 4.92 Å². The van der Waals surface area contributed by atoms with Crippen molar-refractivity contribution in [1.82, 2.24) is 4.98 Å². The fraction of sp³-hybridized carbons (Fsp3) is 0.444. The Bertz CT molecular complexity index is 595. The first-order chi connectivity index (χ1) is 8.29. The topological polar surface area (TPSA) is 119 Å². The van der Waals surface area contributed by atoms with Crippen LogP contribution in [0.25, 0.3) is 0 Å². The summed E-state index contributed by atoms with van der Waals surface area (Å²) in [6.07, 6.45) is 1.18. The zero-order valence-electron chi connectivity index (χ0n) is 9.61. The normalized spacial score (nSPS) is 16.4. The van der Waals surface area contributed by atoms with E-state index in [2.05, 4.69) is 4.98 Å². The predicted molar refractivity (Wildman–Crippen MR) is 64.7 cm³/mol. The van der Waals surface area contributed by atoms with Crippen LogP contribution in [0.15, 0.2) is 12.3 Å². The molecule has 2 rings (SSSR count). The summed E-state index contributed by atoms with van der Waals surface area (Å²) in [6, 6.07) is 1.57. The molecule has 0 aliphatic carbocycles. The first-order valence-corrected chi connectivity index (χ1v) is 6.77. The van der Waals surface area contributed by atoms with Crippen molar-refractivity contribution in [3.8, 4) is 0 Å². The van der Waals surface area contributed by atoms with Gasteiger partial charge in [-0.15, -0.1) is 0 Å². The minimum absolute atomic E-state index is 0.0535. The second kappa shape index (κ2) is 4.18. The molecule has 1 fully saturated rings. The molecule has 2 heterocycles. The van der Waals surface area contributed by atoms with Crippen LogP contribution in [0.4, 0.5) is 11.5 Å². The molecule has 0 bridgehead atoms. The first-order valence-electron chi connectivity index (χ1n) is 5.16. The van der Waals surface area contributed by atoms with Crippen LogP contribution in [0.5, 0.6) is 0 Å². The molecule has 18 heavy (non-hydrogen) atoms. The number of hydrogen-bond donors (Lipinski definition) is 1. The Morgan fingerprint density at radius 1 is 1.56 bits per heavy atom. The van der Waals surface area contributed by atoms with Crippen LogP contribution in [-0.2, 0) is 10.0 Å². The van der Waals surface area contributed by atoms with Gasteiger partial charge in [-0.05, 0) is 13.0 Å². The fourth-order valence-electron chi connectivity index (χ4n) is 1.73. The maximum Gasteiger partial charge on any atom is 0.290 e. The molecule has 0 unspecified atom stereocenters. The van der Waals surface area contributed by atoms with Crippen molar-refractivity contribution in [2.45, 2.75) is 12.2 Å². The molecule has 1 aromatic heterocycles. The Morgan fingerprint density at radius 2 is 2.17 bits per heavy atom. The number of primary sulfonamides is 1. The Labute approximate surface area is 104 Å². The molecule has 2 N–H and O–H groups in total. The number of nitro groups is 1. The third kappa shape index (κ3) is 2.27. The summed E-state index contributed by atoms with van der Waals surface area (Å²) in [5, 5.41) is 15.0. The predicted octanol–water partition coefficient (Wildman–Crippen LogP) is -0.225. The van der Waals surface area contributed by atoms with Crippen LogP contribution in [-0.4, -0.2) is 36.7 Å². The van der Waals surface area contributed by atoms with E-state index >= 15 is 0 Å². The van der Waals surface area contributed by atoms with E-state index < -0.39 is 20.2 Å². The Morgan fingerprint density at radius 3 is 2.61 bits per heavy atom. The number of rotatable bonds is 3. The lowest BCUT2D eigenvalue weighted by molar-refractivity contribution is -0.385. The standard InChI is InChI=1S/C9H12N4O4S/c1-6-2-9(11-3-8(6)13(14)15)12-4-7(5-12)18(10,16)17/h2-3,7H,4-5H2,1H3,(H2,10,16,17). The van der Waals surface area contributed by atoms with Gasteiger partial charge in [-0.1, -0.05) is 0 Å². The number of aromatic nitrogens is 1. The Kier molecular flexibility index (Phi) is 2.95. The van der Waals surface area contributed by atoms with Gasteiger partial charge in [0.2, 0.25) is 10.0 Å². The van der Waals surface area contributed by atoms with Gasteiger partial charge in [0, 0.05) is 18.7 Å². The highest BCUT2D eigenvalue weighted by Crippen LogP contribution is 2.25. The van der Waals surface area contributed by atoms with Crippen LogP contribution >= 0.6 is 0 Å². The van der Waals surface area contributed by atoms with Crippen LogP contribution in [0.1, 0.15) is 5.56 Å². The second-order valence-corrected chi connectivity index (χ2v) is 6.05. The van der Waals surface area contributed by atoms with Gasteiger partial charge in [0.15, 0.2) is 0 Å². The van der Waals surface area contributed by atoms with Gasteiger partial charge in [0.25, 0.3) is 5.69 Å². The average molecular weight is 272 g/mol. The zero-order chi connectivity index (χ0) is 13.5. The van der Waals surface area contributed by atoms with Crippen molar-refractivity contribution < 1.29 is 13.3 Å². The van der Waals surface area contributed by atoms with E-state index in [0.717, 1.165) is 0 Å². The van der Waals surface area contributed by atoms with E-state index in [1.807, 2.05) is 0 Å². The molecule has 0 spiro atoms. The third-order valence-electron chi connectivity index (χ3n) is 2.90. The maximum atomic E-state index is 11.0. The van der Waals surface area contributed by atoms with Crippen molar-refractivity contribution in [3.63, 3.8) is 0 Å². The summed E-state index contributed by atoms with van der Waals surface area (Å²) in [6.45, 7) is 2.15. The zero-order valence-corrected chi connectivity index (χ0v) is 10.4. The Hall–Kier alpha value is -1.74. The second-order valence-electron chi connectivity index (χ2n) is 4.20. The van der Waals surface area contributed by atoms with E-state index in [0.29, 0.717) is 11.4 Å². The number of anilines is 1. The SMILES string of the molecule is Cc1cc(N2CC(S(N)(=O)=O)C2)ncc1[N+](=O)[O-]. The van der Waals surface area contributed by atoms with E-state index in [1.165, 1.54) is 6.20 Å². The van der Waals surface area contributed by atoms with Crippen molar-refractivity contribution in [2.24, 2.45) is 5.14 Å². The van der Waals surface area contributed by atoms with Crippen LogP contribution < -0.4 is 10.0 Å². The van der Waals surface area contributed by atoms with Crippen molar-refractivity contribution in [2.75, 3.05) is 18.0 Å². The van der Waals surface area contributed by atoms with Gasteiger partial charge in [-0.3, -0.25) is 10.1 Å². The van der Waals surface area contributed by atoms with Crippen molar-refractivity contribution in [3.05, 3.63) is 27.9 Å². The molecule has 98 valence electrons. The highest BCUT2D eigenvalue weighted by Gasteiger charge is 2.36. The van der Waals surface area contributed by atoms with Gasteiger partial charge in [0.1, 0.15) is 17.3 Å². The number of nitrogens with zero attached hydrogens (tertiary/aromatic N) is 3. The molecule has 0 radical (unpaired) electrons. The number of pyridine rings is 1. The smallest absolute Gasteiger partial charge is 0.290 e. The molecule has 1 aliphatic heterocycles. The van der Waals surface area contributed by atoms with E-state index in [9.17, 15) is 18.5 Å². The number of sulfonamides is 1. The van der Waals surface area contributed by atoms with Crippen LogP contribution in [0, 0.1) is 17.0 Å². The minimum atomic E-state index is -3.52. The molecular weight excluding hydrogens is 260 g/mol. The fourth-order valence-corrected chi connectivity index (χ4v) is 2.51. The highest BCUT2D eigenvalue weighted by molar-refractivity contribution is 7.89. The quantitative estimate of drug-likeness (QED) is 0.599. The number of hydrogen-bond acceptors (Lipinski definition) is 6. The maximum absolute atomic E-state index is 11.0. The van der Waals surface area contributed by atoms with Gasteiger partial charge in [-0.2, -0.15) is 0 Å². The largest absolute Gasteiger partial charge is 0.354 e. The molecule has 1 aromatic rings. The molecule has 0 amide bonds. The van der Waals surface area contributed by atoms with E-state index in [4.69, 9.17) is 5.14 Å². The first kappa shape index (κ1) is 12.7.